The number of benzene rings is 1. The van der Waals surface area contributed by atoms with Gasteiger partial charge in [-0.1, -0.05) is 12.1 Å². The Balaban J connectivity index is 2.14. The van der Waals surface area contributed by atoms with E-state index in [1.54, 1.807) is 6.92 Å². The number of nitrogens with one attached hydrogen (secondary N) is 1. The highest BCUT2D eigenvalue weighted by molar-refractivity contribution is 5.91. The maximum Gasteiger partial charge on any atom is 0.230 e. The summed E-state index contributed by atoms with van der Waals surface area (Å²) in [5, 5.41) is 11.8. The average Bonchev–Trinajstić information content (AvgIpc) is 3.11. The molecule has 0 radical (unpaired) electrons. The second-order valence-electron chi connectivity index (χ2n) is 4.76. The minimum atomic E-state index is -0.392. The first kappa shape index (κ1) is 11.9. The fourth-order valence-corrected chi connectivity index (χ4v) is 1.98. The molecule has 1 aromatic rings. The summed E-state index contributed by atoms with van der Waals surface area (Å²) in [6.07, 6.45) is 1.72. The number of anilines is 1. The van der Waals surface area contributed by atoms with E-state index in [1.807, 2.05) is 24.3 Å². The van der Waals surface area contributed by atoms with Crippen molar-refractivity contribution in [3.8, 4) is 0 Å². The van der Waals surface area contributed by atoms with Crippen molar-refractivity contribution in [3.63, 3.8) is 0 Å². The molecule has 92 valence electrons. The lowest BCUT2D eigenvalue weighted by atomic mass is 9.94. The Labute approximate surface area is 101 Å². The molecular formula is C13H18N2O2. The van der Waals surface area contributed by atoms with E-state index in [-0.39, 0.29) is 18.6 Å². The van der Waals surface area contributed by atoms with E-state index in [0.29, 0.717) is 5.69 Å². The van der Waals surface area contributed by atoms with E-state index >= 15 is 0 Å². The first-order valence-corrected chi connectivity index (χ1v) is 5.86. The summed E-state index contributed by atoms with van der Waals surface area (Å²) >= 11 is 0. The Kier molecular flexibility index (Phi) is 3.07. The number of amides is 1. The number of nitrogens with two attached hydrogens (primary N) is 1. The molecule has 4 N–H and O–H groups in total. The molecule has 1 aromatic carbocycles. The fraction of sp³-hybridized carbons (Fsp3) is 0.462. The standard InChI is InChI=1S/C13H18N2O2/c1-9(8-16)15-12(17)13(6-7-13)10-2-4-11(14)5-3-10/h2-5,9,16H,6-8,14H2,1H3,(H,15,17)/t9-/m0/s1. The molecule has 0 unspecified atom stereocenters. The van der Waals surface area contributed by atoms with Crippen molar-refractivity contribution in [2.75, 3.05) is 12.3 Å². The third kappa shape index (κ3) is 2.26. The molecule has 0 saturated heterocycles. The van der Waals surface area contributed by atoms with Crippen LogP contribution in [0.25, 0.3) is 0 Å². The van der Waals surface area contributed by atoms with Crippen LogP contribution in [0.4, 0.5) is 5.69 Å². The van der Waals surface area contributed by atoms with Crippen LogP contribution in [-0.4, -0.2) is 23.7 Å². The van der Waals surface area contributed by atoms with Crippen LogP contribution in [0.15, 0.2) is 24.3 Å². The highest BCUT2D eigenvalue weighted by atomic mass is 16.3. The normalized spacial score (nSPS) is 18.5. The number of aliphatic hydroxyl groups excluding tert-OH is 1. The molecule has 1 aliphatic rings. The van der Waals surface area contributed by atoms with E-state index in [2.05, 4.69) is 5.32 Å². The average molecular weight is 234 g/mol. The minimum Gasteiger partial charge on any atom is -0.399 e. The molecular weight excluding hydrogens is 216 g/mol. The number of carbonyl (C=O) groups excluding carboxylic acids is 1. The van der Waals surface area contributed by atoms with E-state index in [1.165, 1.54) is 0 Å². The molecule has 0 spiro atoms. The predicted octanol–water partition coefficient (Wildman–Crippen LogP) is 0.797. The maximum absolute atomic E-state index is 12.1. The molecule has 1 fully saturated rings. The predicted molar refractivity (Wildman–Crippen MR) is 66.5 cm³/mol. The van der Waals surface area contributed by atoms with Gasteiger partial charge in [0.05, 0.1) is 12.0 Å². The SMILES string of the molecule is C[C@@H](CO)NC(=O)C1(c2ccc(N)cc2)CC1. The monoisotopic (exact) mass is 234 g/mol. The molecule has 1 saturated carbocycles. The van der Waals surface area contributed by atoms with Crippen LogP contribution >= 0.6 is 0 Å². The summed E-state index contributed by atoms with van der Waals surface area (Å²) in [6, 6.07) is 7.25. The second kappa shape index (κ2) is 4.37. The summed E-state index contributed by atoms with van der Waals surface area (Å²) in [5.41, 5.74) is 6.95. The number of hydrogen-bond donors (Lipinski definition) is 3. The van der Waals surface area contributed by atoms with Crippen LogP contribution in [0, 0.1) is 0 Å². The summed E-state index contributed by atoms with van der Waals surface area (Å²) in [5.74, 6) is 0.00354. The summed E-state index contributed by atoms with van der Waals surface area (Å²) in [6.45, 7) is 1.75. The molecule has 1 amide bonds. The zero-order valence-electron chi connectivity index (χ0n) is 9.94. The number of carbonyl (C=O) groups is 1. The molecule has 1 aliphatic carbocycles. The molecule has 4 heteroatoms. The molecule has 0 heterocycles. The van der Waals surface area contributed by atoms with Gasteiger partial charge in [-0.3, -0.25) is 4.79 Å². The van der Waals surface area contributed by atoms with Crippen molar-refractivity contribution >= 4 is 11.6 Å². The Hall–Kier alpha value is -1.55. The fourth-order valence-electron chi connectivity index (χ4n) is 1.98. The lowest BCUT2D eigenvalue weighted by Gasteiger charge is -2.18. The lowest BCUT2D eigenvalue weighted by Crippen LogP contribution is -2.41. The van der Waals surface area contributed by atoms with E-state index < -0.39 is 5.41 Å². The van der Waals surface area contributed by atoms with Gasteiger partial charge in [0.1, 0.15) is 0 Å². The summed E-state index contributed by atoms with van der Waals surface area (Å²) in [7, 11) is 0. The second-order valence-corrected chi connectivity index (χ2v) is 4.76. The van der Waals surface area contributed by atoms with Crippen LogP contribution in [0.1, 0.15) is 25.3 Å². The molecule has 17 heavy (non-hydrogen) atoms. The first-order chi connectivity index (χ1) is 8.08. The van der Waals surface area contributed by atoms with Gasteiger partial charge in [0.15, 0.2) is 0 Å². The third-order valence-electron chi connectivity index (χ3n) is 3.30. The largest absolute Gasteiger partial charge is 0.399 e. The molecule has 0 bridgehead atoms. The Morgan fingerprint density at radius 1 is 1.47 bits per heavy atom. The number of rotatable bonds is 4. The van der Waals surface area contributed by atoms with Crippen molar-refractivity contribution < 1.29 is 9.90 Å². The molecule has 0 aliphatic heterocycles. The van der Waals surface area contributed by atoms with E-state index in [0.717, 1.165) is 18.4 Å². The van der Waals surface area contributed by atoms with Crippen molar-refractivity contribution in [1.82, 2.24) is 5.32 Å². The van der Waals surface area contributed by atoms with E-state index in [9.17, 15) is 4.79 Å². The highest BCUT2D eigenvalue weighted by Gasteiger charge is 2.51. The topological polar surface area (TPSA) is 75.3 Å². The van der Waals surface area contributed by atoms with Gasteiger partial charge >= 0.3 is 0 Å². The van der Waals surface area contributed by atoms with Crippen LogP contribution in [0.3, 0.4) is 0 Å². The Morgan fingerprint density at radius 2 is 2.06 bits per heavy atom. The highest BCUT2D eigenvalue weighted by Crippen LogP contribution is 2.48. The summed E-state index contributed by atoms with van der Waals surface area (Å²) in [4.78, 5) is 12.1. The molecule has 2 rings (SSSR count). The van der Waals surface area contributed by atoms with Crippen LogP contribution in [0.2, 0.25) is 0 Å². The molecule has 4 nitrogen and oxygen atoms in total. The smallest absolute Gasteiger partial charge is 0.230 e. The van der Waals surface area contributed by atoms with Gasteiger partial charge in [-0.2, -0.15) is 0 Å². The van der Waals surface area contributed by atoms with Crippen molar-refractivity contribution in [1.29, 1.82) is 0 Å². The minimum absolute atomic E-state index is 0.00354. The van der Waals surface area contributed by atoms with Crippen molar-refractivity contribution in [2.45, 2.75) is 31.2 Å². The van der Waals surface area contributed by atoms with Crippen molar-refractivity contribution in [3.05, 3.63) is 29.8 Å². The Bertz CT molecular complexity index is 410. The third-order valence-corrected chi connectivity index (χ3v) is 3.30. The van der Waals surface area contributed by atoms with Gasteiger partial charge in [-0.05, 0) is 37.5 Å². The van der Waals surface area contributed by atoms with Crippen molar-refractivity contribution in [2.24, 2.45) is 0 Å². The van der Waals surface area contributed by atoms with Gasteiger partial charge in [-0.15, -0.1) is 0 Å². The van der Waals surface area contributed by atoms with Gasteiger partial charge in [-0.25, -0.2) is 0 Å². The summed E-state index contributed by atoms with van der Waals surface area (Å²) < 4.78 is 0. The van der Waals surface area contributed by atoms with Gasteiger partial charge in [0, 0.05) is 11.7 Å². The zero-order chi connectivity index (χ0) is 12.5. The zero-order valence-corrected chi connectivity index (χ0v) is 9.94. The van der Waals surface area contributed by atoms with Crippen LogP contribution < -0.4 is 11.1 Å². The maximum atomic E-state index is 12.1. The van der Waals surface area contributed by atoms with Crippen LogP contribution in [0.5, 0.6) is 0 Å². The first-order valence-electron chi connectivity index (χ1n) is 5.86. The van der Waals surface area contributed by atoms with Gasteiger partial charge in [0.2, 0.25) is 5.91 Å². The van der Waals surface area contributed by atoms with Gasteiger partial charge < -0.3 is 16.2 Å². The number of hydrogen-bond acceptors (Lipinski definition) is 3. The Morgan fingerprint density at radius 3 is 2.53 bits per heavy atom. The molecule has 1 atom stereocenters. The number of nitrogen functional groups attached to an aromatic ring is 1. The molecule has 0 aromatic heterocycles. The van der Waals surface area contributed by atoms with Crippen LogP contribution in [-0.2, 0) is 10.2 Å². The lowest BCUT2D eigenvalue weighted by molar-refractivity contribution is -0.124. The quantitative estimate of drug-likeness (QED) is 0.674. The van der Waals surface area contributed by atoms with E-state index in [4.69, 9.17) is 10.8 Å². The number of aliphatic hydroxyl groups is 1. The van der Waals surface area contributed by atoms with Gasteiger partial charge in [0.25, 0.3) is 0 Å².